The van der Waals surface area contributed by atoms with Crippen LogP contribution in [0.15, 0.2) is 28.8 Å². The van der Waals surface area contributed by atoms with E-state index >= 15 is 0 Å². The molecule has 1 heterocycles. The first kappa shape index (κ1) is 17.0. The third-order valence-electron chi connectivity index (χ3n) is 4.13. The summed E-state index contributed by atoms with van der Waals surface area (Å²) in [5.74, 6) is -0.0228. The maximum Gasteiger partial charge on any atom is 0.341 e. The highest BCUT2D eigenvalue weighted by Gasteiger charge is 2.22. The molecule has 0 fully saturated rings. The fourth-order valence-electron chi connectivity index (χ4n) is 2.90. The molecule has 0 saturated carbocycles. The van der Waals surface area contributed by atoms with E-state index in [9.17, 15) is 9.59 Å². The monoisotopic (exact) mass is 344 g/mol. The van der Waals surface area contributed by atoms with Crippen molar-refractivity contribution in [3.8, 4) is 5.75 Å². The van der Waals surface area contributed by atoms with Crippen molar-refractivity contribution in [2.75, 3.05) is 6.61 Å². The van der Waals surface area contributed by atoms with Crippen LogP contribution in [-0.4, -0.2) is 28.7 Å². The number of nitrogens with zero attached hydrogens (tertiary/aromatic N) is 1. The largest absolute Gasteiger partial charge is 0.482 e. The molecular formula is C18H20N2O5. The zero-order valence-electron chi connectivity index (χ0n) is 13.8. The number of aromatic nitrogens is 1. The van der Waals surface area contributed by atoms with E-state index in [-0.39, 0.29) is 5.91 Å². The fraction of sp³-hybridized carbons (Fsp3) is 0.389. The molecule has 7 heteroatoms. The minimum atomic E-state index is -1.04. The molecule has 1 amide bonds. The zero-order valence-corrected chi connectivity index (χ0v) is 13.8. The number of benzene rings is 1. The Morgan fingerprint density at radius 3 is 2.92 bits per heavy atom. The molecule has 0 saturated heterocycles. The second-order valence-corrected chi connectivity index (χ2v) is 6.01. The molecule has 0 unspecified atom stereocenters. The van der Waals surface area contributed by atoms with Crippen molar-refractivity contribution in [1.29, 1.82) is 0 Å². The number of ether oxygens (including phenoxy) is 1. The second kappa shape index (κ2) is 7.83. The first-order valence-electron chi connectivity index (χ1n) is 8.32. The van der Waals surface area contributed by atoms with E-state index in [0.717, 1.165) is 49.0 Å². The summed E-state index contributed by atoms with van der Waals surface area (Å²) >= 11 is 0. The van der Waals surface area contributed by atoms with Gasteiger partial charge >= 0.3 is 5.97 Å². The molecule has 0 spiro atoms. The van der Waals surface area contributed by atoms with Crippen molar-refractivity contribution in [2.24, 2.45) is 0 Å². The number of rotatable bonds is 6. The number of fused-ring (bicyclic) bond motifs is 1. The van der Waals surface area contributed by atoms with Crippen LogP contribution >= 0.6 is 0 Å². The maximum absolute atomic E-state index is 12.4. The molecule has 25 heavy (non-hydrogen) atoms. The summed E-state index contributed by atoms with van der Waals surface area (Å²) in [5.41, 5.74) is 2.11. The van der Waals surface area contributed by atoms with Crippen LogP contribution < -0.4 is 10.1 Å². The number of carboxylic acids is 1. The summed E-state index contributed by atoms with van der Waals surface area (Å²) in [5, 5.41) is 15.4. The standard InChI is InChI=1S/C18H20N2O5/c21-16(22)11-24-13-6-4-5-12(9-13)10-19-18(23)17-14-7-2-1-3-8-15(14)25-20-17/h4-6,9H,1-3,7-8,10-11H2,(H,19,23)(H,21,22). The summed E-state index contributed by atoms with van der Waals surface area (Å²) < 4.78 is 10.5. The smallest absolute Gasteiger partial charge is 0.341 e. The number of amides is 1. The first-order chi connectivity index (χ1) is 12.1. The minimum absolute atomic E-state index is 0.260. The van der Waals surface area contributed by atoms with E-state index < -0.39 is 12.6 Å². The predicted molar refractivity (Wildman–Crippen MR) is 88.5 cm³/mol. The Morgan fingerprint density at radius 2 is 2.08 bits per heavy atom. The summed E-state index contributed by atoms with van der Waals surface area (Å²) in [6.07, 6.45) is 4.89. The van der Waals surface area contributed by atoms with Gasteiger partial charge in [-0.25, -0.2) is 4.79 Å². The third kappa shape index (κ3) is 4.37. The van der Waals surface area contributed by atoms with E-state index in [1.165, 1.54) is 0 Å². The highest BCUT2D eigenvalue weighted by Crippen LogP contribution is 2.23. The molecule has 7 nitrogen and oxygen atoms in total. The Bertz CT molecular complexity index is 769. The van der Waals surface area contributed by atoms with E-state index in [0.29, 0.717) is 18.0 Å². The van der Waals surface area contributed by atoms with Crippen molar-refractivity contribution < 1.29 is 24.0 Å². The lowest BCUT2D eigenvalue weighted by Crippen LogP contribution is -2.24. The molecule has 1 aromatic heterocycles. The van der Waals surface area contributed by atoms with E-state index in [4.69, 9.17) is 14.4 Å². The van der Waals surface area contributed by atoms with E-state index in [1.54, 1.807) is 18.2 Å². The van der Waals surface area contributed by atoms with Gasteiger partial charge in [0, 0.05) is 18.5 Å². The van der Waals surface area contributed by atoms with Gasteiger partial charge in [0.25, 0.3) is 5.91 Å². The van der Waals surface area contributed by atoms with Crippen LogP contribution in [0, 0.1) is 0 Å². The van der Waals surface area contributed by atoms with E-state index in [2.05, 4.69) is 10.5 Å². The fourth-order valence-corrected chi connectivity index (χ4v) is 2.90. The average Bonchev–Trinajstić information content (AvgIpc) is 2.87. The molecule has 2 aromatic rings. The summed E-state index contributed by atoms with van der Waals surface area (Å²) in [6.45, 7) is -0.106. The number of carboxylic acid groups (broad SMARTS) is 1. The molecule has 132 valence electrons. The number of carbonyl (C=O) groups is 2. The Labute approximate surface area is 145 Å². The van der Waals surface area contributed by atoms with Crippen molar-refractivity contribution in [3.05, 3.63) is 46.8 Å². The summed E-state index contributed by atoms with van der Waals surface area (Å²) in [6, 6.07) is 6.95. The topological polar surface area (TPSA) is 102 Å². The van der Waals surface area contributed by atoms with Gasteiger partial charge in [0.2, 0.25) is 0 Å². The number of hydrogen-bond acceptors (Lipinski definition) is 5. The Kier molecular flexibility index (Phi) is 5.33. The van der Waals surface area contributed by atoms with Crippen LogP contribution in [0.4, 0.5) is 0 Å². The highest BCUT2D eigenvalue weighted by molar-refractivity contribution is 5.93. The molecule has 1 aromatic carbocycles. The molecule has 0 bridgehead atoms. The van der Waals surface area contributed by atoms with Gasteiger partial charge < -0.3 is 19.7 Å². The first-order valence-corrected chi connectivity index (χ1v) is 8.32. The lowest BCUT2D eigenvalue weighted by molar-refractivity contribution is -0.139. The Morgan fingerprint density at radius 1 is 1.24 bits per heavy atom. The Hall–Kier alpha value is -2.83. The molecule has 0 aliphatic heterocycles. The van der Waals surface area contributed by atoms with Crippen molar-refractivity contribution in [2.45, 2.75) is 38.6 Å². The van der Waals surface area contributed by atoms with Crippen molar-refractivity contribution in [1.82, 2.24) is 10.5 Å². The van der Waals surface area contributed by atoms with Crippen LogP contribution in [0.5, 0.6) is 5.75 Å². The van der Waals surface area contributed by atoms with Crippen LogP contribution in [0.1, 0.15) is 46.6 Å². The van der Waals surface area contributed by atoms with Gasteiger partial charge in [0.1, 0.15) is 11.5 Å². The SMILES string of the molecule is O=C(O)COc1cccc(CNC(=O)c2noc3c2CCCCC3)c1. The van der Waals surface area contributed by atoms with Gasteiger partial charge in [-0.3, -0.25) is 4.79 Å². The van der Waals surface area contributed by atoms with Crippen LogP contribution in [0.2, 0.25) is 0 Å². The van der Waals surface area contributed by atoms with Crippen molar-refractivity contribution in [3.63, 3.8) is 0 Å². The quantitative estimate of drug-likeness (QED) is 0.780. The van der Waals surface area contributed by atoms with E-state index in [1.807, 2.05) is 6.07 Å². The van der Waals surface area contributed by atoms with Gasteiger partial charge in [-0.05, 0) is 37.0 Å². The normalized spacial score (nSPS) is 13.6. The van der Waals surface area contributed by atoms with Crippen molar-refractivity contribution >= 4 is 11.9 Å². The van der Waals surface area contributed by atoms with Gasteiger partial charge in [-0.1, -0.05) is 23.7 Å². The highest BCUT2D eigenvalue weighted by atomic mass is 16.5. The minimum Gasteiger partial charge on any atom is -0.482 e. The molecule has 1 aliphatic carbocycles. The molecule has 2 N–H and O–H groups in total. The van der Waals surface area contributed by atoms with Crippen LogP contribution in [0.3, 0.4) is 0 Å². The number of carbonyl (C=O) groups excluding carboxylic acids is 1. The predicted octanol–water partition coefficient (Wildman–Crippen LogP) is 2.34. The summed E-state index contributed by atoms with van der Waals surface area (Å²) in [7, 11) is 0. The maximum atomic E-state index is 12.4. The zero-order chi connectivity index (χ0) is 17.6. The summed E-state index contributed by atoms with van der Waals surface area (Å²) in [4.78, 5) is 23.0. The van der Waals surface area contributed by atoms with Gasteiger partial charge in [-0.2, -0.15) is 0 Å². The molecular weight excluding hydrogens is 324 g/mol. The van der Waals surface area contributed by atoms with Gasteiger partial charge in [-0.15, -0.1) is 0 Å². The number of hydrogen-bond donors (Lipinski definition) is 2. The van der Waals surface area contributed by atoms with Crippen LogP contribution in [0.25, 0.3) is 0 Å². The number of aryl methyl sites for hydroxylation is 1. The third-order valence-corrected chi connectivity index (χ3v) is 4.13. The second-order valence-electron chi connectivity index (χ2n) is 6.01. The molecule has 0 atom stereocenters. The van der Waals surface area contributed by atoms with Gasteiger partial charge in [0.15, 0.2) is 12.3 Å². The Balaban J connectivity index is 1.62. The lowest BCUT2D eigenvalue weighted by atomic mass is 10.1. The molecule has 0 radical (unpaired) electrons. The molecule has 3 rings (SSSR count). The lowest BCUT2D eigenvalue weighted by Gasteiger charge is -2.07. The van der Waals surface area contributed by atoms with Crippen LogP contribution in [-0.2, 0) is 24.2 Å². The number of nitrogens with one attached hydrogen (secondary N) is 1. The average molecular weight is 344 g/mol. The number of aliphatic carboxylic acids is 1. The van der Waals surface area contributed by atoms with Gasteiger partial charge in [0.05, 0.1) is 0 Å². The molecule has 1 aliphatic rings.